The fraction of sp³-hybridized carbons (Fsp3) is 0.0526. The quantitative estimate of drug-likeness (QED) is 0.592. The summed E-state index contributed by atoms with van der Waals surface area (Å²) in [4.78, 5) is 9.65. The van der Waals surface area contributed by atoms with E-state index in [2.05, 4.69) is 15.3 Å². The first kappa shape index (κ1) is 16.4. The van der Waals surface area contributed by atoms with Crippen molar-refractivity contribution in [3.63, 3.8) is 0 Å². The van der Waals surface area contributed by atoms with Crippen LogP contribution in [0.15, 0.2) is 71.9 Å². The van der Waals surface area contributed by atoms with Gasteiger partial charge in [-0.25, -0.2) is 9.37 Å². The lowest BCUT2D eigenvalue weighted by atomic mass is 10.3. The molecular formula is C19H15FN4OS. The second-order valence-electron chi connectivity index (χ2n) is 5.74. The lowest BCUT2D eigenvalue weighted by molar-refractivity contribution is 0.628. The molecule has 4 aromatic rings. The minimum atomic E-state index is -1.01. The van der Waals surface area contributed by atoms with Gasteiger partial charge in [0.1, 0.15) is 11.5 Å². The molecule has 0 aliphatic rings. The highest BCUT2D eigenvalue weighted by molar-refractivity contribution is 7.84. The first-order valence-electron chi connectivity index (χ1n) is 7.91. The van der Waals surface area contributed by atoms with E-state index < -0.39 is 10.8 Å². The zero-order chi connectivity index (χ0) is 18.1. The summed E-state index contributed by atoms with van der Waals surface area (Å²) in [5, 5.41) is 3.97. The van der Waals surface area contributed by atoms with Gasteiger partial charge < -0.3 is 9.88 Å². The van der Waals surface area contributed by atoms with Crippen LogP contribution in [0.5, 0.6) is 0 Å². The molecule has 0 fully saturated rings. The number of hydrogen-bond acceptors (Lipinski definition) is 4. The number of nitrogens with zero attached hydrogens (tertiary/aromatic N) is 3. The third-order valence-electron chi connectivity index (χ3n) is 3.97. The van der Waals surface area contributed by atoms with Gasteiger partial charge in [0.15, 0.2) is 0 Å². The molecule has 0 saturated heterocycles. The van der Waals surface area contributed by atoms with Crippen molar-refractivity contribution in [1.29, 1.82) is 0 Å². The Morgan fingerprint density at radius 2 is 1.77 bits per heavy atom. The molecule has 130 valence electrons. The van der Waals surface area contributed by atoms with Crippen molar-refractivity contribution in [2.75, 3.05) is 11.6 Å². The van der Waals surface area contributed by atoms with E-state index in [1.807, 2.05) is 41.1 Å². The molecule has 0 amide bonds. The van der Waals surface area contributed by atoms with Crippen LogP contribution in [0.2, 0.25) is 0 Å². The topological polar surface area (TPSA) is 59.8 Å². The molecule has 2 heterocycles. The van der Waals surface area contributed by atoms with Crippen LogP contribution in [0.4, 0.5) is 16.0 Å². The van der Waals surface area contributed by atoms with Crippen LogP contribution in [0.3, 0.4) is 0 Å². The summed E-state index contributed by atoms with van der Waals surface area (Å²) in [6, 6.07) is 15.5. The fourth-order valence-corrected chi connectivity index (χ4v) is 3.17. The molecule has 0 radical (unpaired) electrons. The molecule has 26 heavy (non-hydrogen) atoms. The third-order valence-corrected chi connectivity index (χ3v) is 4.91. The summed E-state index contributed by atoms with van der Waals surface area (Å²) in [6.07, 6.45) is 5.31. The zero-order valence-corrected chi connectivity index (χ0v) is 14.7. The minimum Gasteiger partial charge on any atom is -0.324 e. The lowest BCUT2D eigenvalue weighted by Gasteiger charge is -2.08. The van der Waals surface area contributed by atoms with E-state index >= 15 is 0 Å². The van der Waals surface area contributed by atoms with Gasteiger partial charge >= 0.3 is 0 Å². The Bertz CT molecular complexity index is 1090. The van der Waals surface area contributed by atoms with Gasteiger partial charge in [-0.05, 0) is 54.6 Å². The summed E-state index contributed by atoms with van der Waals surface area (Å²) < 4.78 is 26.5. The molecule has 0 saturated carbocycles. The van der Waals surface area contributed by atoms with Crippen molar-refractivity contribution >= 4 is 33.5 Å². The number of rotatable bonds is 4. The smallest absolute Gasteiger partial charge is 0.229 e. The Hall–Kier alpha value is -3.06. The van der Waals surface area contributed by atoms with Gasteiger partial charge in [-0.15, -0.1) is 0 Å². The van der Waals surface area contributed by atoms with Gasteiger partial charge in [0.2, 0.25) is 5.95 Å². The Morgan fingerprint density at radius 3 is 2.46 bits per heavy atom. The summed E-state index contributed by atoms with van der Waals surface area (Å²) >= 11 is 0. The van der Waals surface area contributed by atoms with E-state index in [1.165, 1.54) is 12.1 Å². The van der Waals surface area contributed by atoms with Crippen molar-refractivity contribution in [2.24, 2.45) is 0 Å². The Kier molecular flexibility index (Phi) is 4.22. The van der Waals surface area contributed by atoms with Gasteiger partial charge in [-0.1, -0.05) is 0 Å². The van der Waals surface area contributed by atoms with E-state index in [0.29, 0.717) is 11.6 Å². The molecule has 0 aliphatic carbocycles. The van der Waals surface area contributed by atoms with E-state index in [9.17, 15) is 8.60 Å². The highest BCUT2D eigenvalue weighted by Crippen LogP contribution is 2.21. The average Bonchev–Trinajstić information content (AvgIpc) is 3.07. The van der Waals surface area contributed by atoms with Crippen LogP contribution in [0.1, 0.15) is 0 Å². The average molecular weight is 366 g/mol. The number of anilines is 2. The van der Waals surface area contributed by atoms with Crippen LogP contribution in [-0.4, -0.2) is 25.0 Å². The molecule has 1 atom stereocenters. The van der Waals surface area contributed by atoms with E-state index in [-0.39, 0.29) is 5.82 Å². The molecule has 0 spiro atoms. The number of fused-ring (bicyclic) bond motifs is 1. The van der Waals surface area contributed by atoms with Gasteiger partial charge in [-0.3, -0.25) is 4.21 Å². The highest BCUT2D eigenvalue weighted by Gasteiger charge is 2.08. The van der Waals surface area contributed by atoms with Gasteiger partial charge in [0.25, 0.3) is 0 Å². The van der Waals surface area contributed by atoms with Crippen LogP contribution < -0.4 is 5.32 Å². The molecular weight excluding hydrogens is 351 g/mol. The summed E-state index contributed by atoms with van der Waals surface area (Å²) in [5.41, 5.74) is 2.37. The van der Waals surface area contributed by atoms with Gasteiger partial charge in [0, 0.05) is 51.1 Å². The SMILES string of the molecule is CS(=O)c1ccc(-n2ccc3cnc(Nc4ccc(F)cc4)nc32)cc1. The van der Waals surface area contributed by atoms with E-state index in [0.717, 1.165) is 21.6 Å². The monoisotopic (exact) mass is 366 g/mol. The van der Waals surface area contributed by atoms with Crippen LogP contribution in [0.25, 0.3) is 16.7 Å². The van der Waals surface area contributed by atoms with Crippen LogP contribution in [-0.2, 0) is 10.8 Å². The maximum Gasteiger partial charge on any atom is 0.229 e. The summed E-state index contributed by atoms with van der Waals surface area (Å²) in [6.45, 7) is 0. The Morgan fingerprint density at radius 1 is 1.04 bits per heavy atom. The molecule has 1 N–H and O–H groups in total. The summed E-state index contributed by atoms with van der Waals surface area (Å²) in [7, 11) is -1.01. The maximum absolute atomic E-state index is 13.0. The van der Waals surface area contributed by atoms with Crippen LogP contribution >= 0.6 is 0 Å². The Labute approximate surface area is 152 Å². The first-order chi connectivity index (χ1) is 12.6. The maximum atomic E-state index is 13.0. The molecule has 5 nitrogen and oxygen atoms in total. The van der Waals surface area contributed by atoms with E-state index in [1.54, 1.807) is 24.6 Å². The number of halogens is 1. The van der Waals surface area contributed by atoms with Crippen molar-refractivity contribution < 1.29 is 8.60 Å². The Balaban J connectivity index is 1.70. The van der Waals surface area contributed by atoms with Crippen molar-refractivity contribution in [3.05, 3.63) is 72.8 Å². The van der Waals surface area contributed by atoms with Gasteiger partial charge in [0.05, 0.1) is 0 Å². The van der Waals surface area contributed by atoms with Gasteiger partial charge in [-0.2, -0.15) is 4.98 Å². The van der Waals surface area contributed by atoms with Crippen LogP contribution in [0, 0.1) is 5.82 Å². The van der Waals surface area contributed by atoms with Crippen molar-refractivity contribution in [2.45, 2.75) is 4.90 Å². The second-order valence-corrected chi connectivity index (χ2v) is 7.12. The molecule has 7 heteroatoms. The fourth-order valence-electron chi connectivity index (χ4n) is 2.65. The molecule has 0 bridgehead atoms. The number of benzene rings is 2. The third kappa shape index (κ3) is 3.21. The number of aromatic nitrogens is 3. The molecule has 1 unspecified atom stereocenters. The van der Waals surface area contributed by atoms with Crippen molar-refractivity contribution in [3.8, 4) is 5.69 Å². The largest absolute Gasteiger partial charge is 0.324 e. The second kappa shape index (κ2) is 6.68. The number of nitrogens with one attached hydrogen (secondary N) is 1. The molecule has 2 aromatic heterocycles. The first-order valence-corrected chi connectivity index (χ1v) is 9.46. The normalized spacial score (nSPS) is 12.2. The molecule has 2 aromatic carbocycles. The molecule has 0 aliphatic heterocycles. The zero-order valence-electron chi connectivity index (χ0n) is 13.9. The minimum absolute atomic E-state index is 0.294. The predicted molar refractivity (Wildman–Crippen MR) is 101 cm³/mol. The highest BCUT2D eigenvalue weighted by atomic mass is 32.2. The lowest BCUT2D eigenvalue weighted by Crippen LogP contribution is -2.00. The predicted octanol–water partition coefficient (Wildman–Crippen LogP) is 4.04. The molecule has 4 rings (SSSR count). The van der Waals surface area contributed by atoms with E-state index in [4.69, 9.17) is 0 Å². The van der Waals surface area contributed by atoms with Crippen molar-refractivity contribution in [1.82, 2.24) is 14.5 Å². The summed E-state index contributed by atoms with van der Waals surface area (Å²) in [5.74, 6) is 0.132. The standard InChI is InChI=1S/C19H15FN4OS/c1-26(25)17-8-6-16(7-9-17)24-11-10-13-12-21-19(23-18(13)24)22-15-4-2-14(20)3-5-15/h2-12H,1H3,(H,21,22,23). The number of hydrogen-bond donors (Lipinski definition) is 1.